The molecule has 1 saturated carbocycles. The third kappa shape index (κ3) is 2.45. The number of aryl methyl sites for hydroxylation is 1. The molecule has 0 radical (unpaired) electrons. The van der Waals surface area contributed by atoms with E-state index in [4.69, 9.17) is 0 Å². The van der Waals surface area contributed by atoms with Gasteiger partial charge in [-0.15, -0.1) is 0 Å². The maximum absolute atomic E-state index is 14.0. The first-order valence-corrected chi connectivity index (χ1v) is 6.18. The smallest absolute Gasteiger partial charge is 0.108 e. The van der Waals surface area contributed by atoms with E-state index < -0.39 is 5.67 Å². The van der Waals surface area contributed by atoms with Crippen LogP contribution in [0.1, 0.15) is 57.0 Å². The number of imidazole rings is 1. The van der Waals surface area contributed by atoms with Gasteiger partial charge in [0.15, 0.2) is 0 Å². The van der Waals surface area contributed by atoms with Crippen LogP contribution in [0.5, 0.6) is 0 Å². The highest BCUT2D eigenvalue weighted by Gasteiger charge is 2.35. The monoisotopic (exact) mass is 224 g/mol. The van der Waals surface area contributed by atoms with Gasteiger partial charge in [0.25, 0.3) is 0 Å². The fourth-order valence-corrected chi connectivity index (χ4v) is 2.84. The topological polar surface area (TPSA) is 28.7 Å². The summed E-state index contributed by atoms with van der Waals surface area (Å²) in [4.78, 5) is 7.49. The Balaban J connectivity index is 2.07. The van der Waals surface area contributed by atoms with E-state index in [1.165, 1.54) is 0 Å². The predicted molar refractivity (Wildman–Crippen MR) is 63.2 cm³/mol. The molecule has 1 aromatic rings. The minimum Gasteiger partial charge on any atom is -0.346 e. The maximum Gasteiger partial charge on any atom is 0.108 e. The van der Waals surface area contributed by atoms with E-state index in [2.05, 4.69) is 16.9 Å². The number of aromatic nitrogens is 2. The Labute approximate surface area is 96.7 Å². The summed E-state index contributed by atoms with van der Waals surface area (Å²) in [5.74, 6) is 1.78. The third-order valence-electron chi connectivity index (χ3n) is 3.88. The summed E-state index contributed by atoms with van der Waals surface area (Å²) in [6, 6.07) is 0. The van der Waals surface area contributed by atoms with E-state index in [9.17, 15) is 4.39 Å². The van der Waals surface area contributed by atoms with Gasteiger partial charge in [-0.3, -0.25) is 0 Å². The van der Waals surface area contributed by atoms with Crippen LogP contribution in [0.15, 0.2) is 6.20 Å². The first-order valence-electron chi connectivity index (χ1n) is 6.18. The van der Waals surface area contributed by atoms with Crippen LogP contribution in [0.4, 0.5) is 4.39 Å². The number of hydrogen-bond donors (Lipinski definition) is 1. The lowest BCUT2D eigenvalue weighted by atomic mass is 9.74. The summed E-state index contributed by atoms with van der Waals surface area (Å²) in [7, 11) is 0. The van der Waals surface area contributed by atoms with E-state index in [-0.39, 0.29) is 0 Å². The fourth-order valence-electron chi connectivity index (χ4n) is 2.84. The SMILES string of the molecule is Cc1ncc(C(C)C2CCCC(C)(F)C2)[nH]1. The number of hydrogen-bond acceptors (Lipinski definition) is 1. The molecule has 16 heavy (non-hydrogen) atoms. The van der Waals surface area contributed by atoms with Gasteiger partial charge in [-0.25, -0.2) is 9.37 Å². The molecule has 1 fully saturated rings. The van der Waals surface area contributed by atoms with Crippen molar-refractivity contribution in [2.45, 2.75) is 58.0 Å². The van der Waals surface area contributed by atoms with E-state index >= 15 is 0 Å². The van der Waals surface area contributed by atoms with Crippen LogP contribution in [0.25, 0.3) is 0 Å². The Morgan fingerprint density at radius 3 is 2.94 bits per heavy atom. The minimum absolute atomic E-state index is 0.386. The zero-order valence-electron chi connectivity index (χ0n) is 10.4. The van der Waals surface area contributed by atoms with Gasteiger partial charge in [0.05, 0.1) is 0 Å². The highest BCUT2D eigenvalue weighted by atomic mass is 19.1. The molecular weight excluding hydrogens is 203 g/mol. The van der Waals surface area contributed by atoms with Gasteiger partial charge in [0.1, 0.15) is 11.5 Å². The van der Waals surface area contributed by atoms with Crippen LogP contribution in [0.2, 0.25) is 0 Å². The summed E-state index contributed by atoms with van der Waals surface area (Å²) in [5, 5.41) is 0. The van der Waals surface area contributed by atoms with Crippen LogP contribution in [-0.2, 0) is 0 Å². The second-order valence-corrected chi connectivity index (χ2v) is 5.48. The highest BCUT2D eigenvalue weighted by Crippen LogP contribution is 2.41. The Morgan fingerprint density at radius 1 is 1.62 bits per heavy atom. The molecule has 0 aliphatic heterocycles. The molecule has 2 rings (SSSR count). The molecule has 2 nitrogen and oxygen atoms in total. The standard InChI is InChI=1S/C13H21FN2/c1-9(12-8-15-10(2)16-12)11-5-4-6-13(3,14)7-11/h8-9,11H,4-7H2,1-3H3,(H,15,16). The van der Waals surface area contributed by atoms with Gasteiger partial charge in [-0.05, 0) is 45.4 Å². The molecule has 0 amide bonds. The van der Waals surface area contributed by atoms with Crippen LogP contribution in [0.3, 0.4) is 0 Å². The Bertz CT molecular complexity index is 357. The van der Waals surface area contributed by atoms with Crippen LogP contribution >= 0.6 is 0 Å². The van der Waals surface area contributed by atoms with Gasteiger partial charge < -0.3 is 4.98 Å². The average Bonchev–Trinajstić information content (AvgIpc) is 2.62. The third-order valence-corrected chi connectivity index (χ3v) is 3.88. The van der Waals surface area contributed by atoms with Crippen molar-refractivity contribution in [3.8, 4) is 0 Å². The van der Waals surface area contributed by atoms with Crippen LogP contribution < -0.4 is 0 Å². The molecule has 1 heterocycles. The molecule has 0 bridgehead atoms. The van der Waals surface area contributed by atoms with Gasteiger partial charge in [0.2, 0.25) is 0 Å². The van der Waals surface area contributed by atoms with Crippen LogP contribution in [-0.4, -0.2) is 15.6 Å². The number of alkyl halides is 1. The fraction of sp³-hybridized carbons (Fsp3) is 0.769. The molecule has 1 aliphatic carbocycles. The van der Waals surface area contributed by atoms with Crippen molar-refractivity contribution < 1.29 is 4.39 Å². The van der Waals surface area contributed by atoms with Crippen molar-refractivity contribution in [2.24, 2.45) is 5.92 Å². The lowest BCUT2D eigenvalue weighted by Crippen LogP contribution is -2.29. The summed E-state index contributed by atoms with van der Waals surface area (Å²) in [6.45, 7) is 5.87. The Kier molecular flexibility index (Phi) is 3.04. The zero-order chi connectivity index (χ0) is 11.8. The number of nitrogens with zero attached hydrogens (tertiary/aromatic N) is 1. The molecule has 0 spiro atoms. The lowest BCUT2D eigenvalue weighted by Gasteiger charge is -2.34. The highest BCUT2D eigenvalue weighted by molar-refractivity contribution is 5.08. The molecule has 0 aromatic carbocycles. The second kappa shape index (κ2) is 4.19. The van der Waals surface area contributed by atoms with Crippen molar-refractivity contribution in [1.29, 1.82) is 0 Å². The lowest BCUT2D eigenvalue weighted by molar-refractivity contribution is 0.0854. The van der Waals surface area contributed by atoms with Gasteiger partial charge in [-0.2, -0.15) is 0 Å². The Morgan fingerprint density at radius 2 is 2.38 bits per heavy atom. The molecule has 1 aromatic heterocycles. The first-order chi connectivity index (χ1) is 7.48. The normalized spacial score (nSPS) is 32.6. The molecule has 3 heteroatoms. The van der Waals surface area contributed by atoms with Crippen molar-refractivity contribution >= 4 is 0 Å². The zero-order valence-corrected chi connectivity index (χ0v) is 10.4. The quantitative estimate of drug-likeness (QED) is 0.814. The summed E-state index contributed by atoms with van der Waals surface area (Å²) in [5.41, 5.74) is 0.187. The summed E-state index contributed by atoms with van der Waals surface area (Å²) >= 11 is 0. The van der Waals surface area contributed by atoms with E-state index in [0.29, 0.717) is 18.3 Å². The Hall–Kier alpha value is -0.860. The molecule has 0 saturated heterocycles. The maximum atomic E-state index is 14.0. The van der Waals surface area contributed by atoms with E-state index in [1.807, 2.05) is 13.1 Å². The first kappa shape index (κ1) is 11.6. The van der Waals surface area contributed by atoms with E-state index in [0.717, 1.165) is 30.8 Å². The van der Waals surface area contributed by atoms with Crippen molar-refractivity contribution in [2.75, 3.05) is 0 Å². The molecule has 90 valence electrons. The predicted octanol–water partition coefficient (Wildman–Crippen LogP) is 3.74. The molecule has 3 atom stereocenters. The average molecular weight is 224 g/mol. The molecule has 1 aliphatic rings. The summed E-state index contributed by atoms with van der Waals surface area (Å²) < 4.78 is 14.0. The minimum atomic E-state index is -0.966. The molecule has 1 N–H and O–H groups in total. The summed E-state index contributed by atoms with van der Waals surface area (Å²) in [6.07, 6.45) is 5.45. The van der Waals surface area contributed by atoms with Gasteiger partial charge in [0, 0.05) is 17.8 Å². The van der Waals surface area contributed by atoms with Crippen molar-refractivity contribution in [3.63, 3.8) is 0 Å². The molecule has 3 unspecified atom stereocenters. The number of aromatic amines is 1. The van der Waals surface area contributed by atoms with Crippen molar-refractivity contribution in [3.05, 3.63) is 17.7 Å². The number of rotatable bonds is 2. The van der Waals surface area contributed by atoms with Crippen molar-refractivity contribution in [1.82, 2.24) is 9.97 Å². The number of nitrogens with one attached hydrogen (secondary N) is 1. The molecular formula is C13H21FN2. The largest absolute Gasteiger partial charge is 0.346 e. The number of H-pyrrole nitrogens is 1. The number of halogens is 1. The van der Waals surface area contributed by atoms with Gasteiger partial charge >= 0.3 is 0 Å². The van der Waals surface area contributed by atoms with Gasteiger partial charge in [-0.1, -0.05) is 6.92 Å². The van der Waals surface area contributed by atoms with Crippen LogP contribution in [0, 0.1) is 12.8 Å². The van der Waals surface area contributed by atoms with E-state index in [1.54, 1.807) is 6.92 Å². The second-order valence-electron chi connectivity index (χ2n) is 5.48.